The first-order valence-corrected chi connectivity index (χ1v) is 4.47. The van der Waals surface area contributed by atoms with E-state index in [1.165, 1.54) is 0 Å². The molecule has 0 saturated carbocycles. The number of carbonyl (C=O) groups excluding carboxylic acids is 1. The van der Waals surface area contributed by atoms with Gasteiger partial charge in [-0.15, -0.1) is 0 Å². The van der Waals surface area contributed by atoms with Crippen LogP contribution in [-0.4, -0.2) is 5.97 Å². The summed E-state index contributed by atoms with van der Waals surface area (Å²) in [6.45, 7) is 5.42. The van der Waals surface area contributed by atoms with E-state index in [0.717, 1.165) is 0 Å². The Labute approximate surface area is 83.9 Å². The normalized spacial score (nSPS) is 11.1. The third-order valence-corrected chi connectivity index (χ3v) is 1.68. The van der Waals surface area contributed by atoms with Gasteiger partial charge in [-0.1, -0.05) is 6.07 Å². The summed E-state index contributed by atoms with van der Waals surface area (Å²) in [6, 6.07) is 6.83. The molecule has 0 amide bonds. The highest BCUT2D eigenvalue weighted by Gasteiger charge is 2.23. The number of rotatable bonds is 1. The van der Waals surface area contributed by atoms with Crippen molar-refractivity contribution in [1.82, 2.24) is 0 Å². The first kappa shape index (κ1) is 10.6. The van der Waals surface area contributed by atoms with Gasteiger partial charge in [0.1, 0.15) is 5.75 Å². The average Bonchev–Trinajstić information content (AvgIpc) is 2.02. The topological polar surface area (TPSA) is 52.3 Å². The van der Waals surface area contributed by atoms with E-state index in [4.69, 9.17) is 10.5 Å². The summed E-state index contributed by atoms with van der Waals surface area (Å²) in [6.07, 6.45) is 0. The second-order valence-corrected chi connectivity index (χ2v) is 4.21. The maximum atomic E-state index is 11.5. The van der Waals surface area contributed by atoms with Crippen molar-refractivity contribution in [2.24, 2.45) is 5.41 Å². The summed E-state index contributed by atoms with van der Waals surface area (Å²) in [5, 5.41) is 0. The van der Waals surface area contributed by atoms with Crippen LogP contribution in [0.25, 0.3) is 0 Å². The van der Waals surface area contributed by atoms with Crippen LogP contribution in [-0.2, 0) is 4.79 Å². The van der Waals surface area contributed by atoms with Crippen LogP contribution in [0.15, 0.2) is 24.3 Å². The van der Waals surface area contributed by atoms with Gasteiger partial charge in [-0.2, -0.15) is 0 Å². The Balaban J connectivity index is 2.75. The van der Waals surface area contributed by atoms with E-state index >= 15 is 0 Å². The van der Waals surface area contributed by atoms with Gasteiger partial charge in [0.2, 0.25) is 0 Å². The highest BCUT2D eigenvalue weighted by atomic mass is 16.5. The van der Waals surface area contributed by atoms with Crippen LogP contribution in [0, 0.1) is 5.41 Å². The summed E-state index contributed by atoms with van der Waals surface area (Å²) in [5.74, 6) is 0.230. The Morgan fingerprint density at radius 2 is 2.00 bits per heavy atom. The summed E-state index contributed by atoms with van der Waals surface area (Å²) in [7, 11) is 0. The monoisotopic (exact) mass is 193 g/mol. The average molecular weight is 193 g/mol. The summed E-state index contributed by atoms with van der Waals surface area (Å²) in [5.41, 5.74) is 5.64. The predicted molar refractivity (Wildman–Crippen MR) is 55.9 cm³/mol. The summed E-state index contributed by atoms with van der Waals surface area (Å²) >= 11 is 0. The zero-order chi connectivity index (χ0) is 10.8. The lowest BCUT2D eigenvalue weighted by molar-refractivity contribution is -0.142. The van der Waals surface area contributed by atoms with Gasteiger partial charge in [0.25, 0.3) is 0 Å². The van der Waals surface area contributed by atoms with Crippen LogP contribution >= 0.6 is 0 Å². The van der Waals surface area contributed by atoms with Gasteiger partial charge in [-0.25, -0.2) is 0 Å². The highest BCUT2D eigenvalue weighted by molar-refractivity contribution is 5.78. The number of hydrogen-bond donors (Lipinski definition) is 1. The fraction of sp³-hybridized carbons (Fsp3) is 0.364. The number of nitrogen functional groups attached to an aromatic ring is 1. The number of nitrogens with two attached hydrogens (primary N) is 1. The van der Waals surface area contributed by atoms with Crippen molar-refractivity contribution in [2.75, 3.05) is 5.73 Å². The summed E-state index contributed by atoms with van der Waals surface area (Å²) in [4.78, 5) is 11.5. The molecule has 0 unspecified atom stereocenters. The second kappa shape index (κ2) is 3.70. The number of anilines is 1. The molecule has 2 N–H and O–H groups in total. The molecule has 0 aromatic heterocycles. The van der Waals surface area contributed by atoms with Gasteiger partial charge < -0.3 is 10.5 Å². The number of esters is 1. The molecule has 1 aromatic carbocycles. The molecule has 1 rings (SSSR count). The summed E-state index contributed by atoms with van der Waals surface area (Å²) < 4.78 is 5.14. The molecule has 0 bridgehead atoms. The van der Waals surface area contributed by atoms with E-state index in [0.29, 0.717) is 11.4 Å². The van der Waals surface area contributed by atoms with E-state index in [1.807, 2.05) is 20.8 Å². The van der Waals surface area contributed by atoms with Crippen LogP contribution in [0.1, 0.15) is 20.8 Å². The standard InChI is InChI=1S/C11H15NO2/c1-11(2,3)10(13)14-9-6-4-5-8(12)7-9/h4-7H,12H2,1-3H3. The molecule has 0 spiro atoms. The number of hydrogen-bond acceptors (Lipinski definition) is 3. The zero-order valence-electron chi connectivity index (χ0n) is 8.70. The number of benzene rings is 1. The molecule has 3 nitrogen and oxygen atoms in total. The maximum absolute atomic E-state index is 11.5. The zero-order valence-corrected chi connectivity index (χ0v) is 8.70. The maximum Gasteiger partial charge on any atom is 0.316 e. The molecule has 1 aromatic rings. The number of ether oxygens (including phenoxy) is 1. The Morgan fingerprint density at radius 1 is 1.36 bits per heavy atom. The predicted octanol–water partition coefficient (Wildman–Crippen LogP) is 2.22. The molecule has 0 aliphatic rings. The fourth-order valence-electron chi connectivity index (χ4n) is 0.838. The van der Waals surface area contributed by atoms with E-state index in [-0.39, 0.29) is 5.97 Å². The lowest BCUT2D eigenvalue weighted by Crippen LogP contribution is -2.25. The van der Waals surface area contributed by atoms with Gasteiger partial charge in [-0.3, -0.25) is 4.79 Å². The van der Waals surface area contributed by atoms with Crippen molar-refractivity contribution in [3.05, 3.63) is 24.3 Å². The third kappa shape index (κ3) is 2.76. The fourth-order valence-corrected chi connectivity index (χ4v) is 0.838. The Hall–Kier alpha value is -1.51. The molecular weight excluding hydrogens is 178 g/mol. The van der Waals surface area contributed by atoms with Crippen molar-refractivity contribution in [3.8, 4) is 5.75 Å². The first-order valence-electron chi connectivity index (χ1n) is 4.47. The van der Waals surface area contributed by atoms with Crippen molar-refractivity contribution in [1.29, 1.82) is 0 Å². The Kier molecular flexibility index (Phi) is 2.79. The van der Waals surface area contributed by atoms with Gasteiger partial charge in [0.15, 0.2) is 0 Å². The quantitative estimate of drug-likeness (QED) is 0.422. The minimum Gasteiger partial charge on any atom is -0.426 e. The van der Waals surface area contributed by atoms with E-state index in [2.05, 4.69) is 0 Å². The van der Waals surface area contributed by atoms with E-state index < -0.39 is 5.41 Å². The highest BCUT2D eigenvalue weighted by Crippen LogP contribution is 2.20. The van der Waals surface area contributed by atoms with Crippen molar-refractivity contribution >= 4 is 11.7 Å². The first-order chi connectivity index (χ1) is 6.39. The van der Waals surface area contributed by atoms with Crippen LogP contribution in [0.4, 0.5) is 5.69 Å². The Morgan fingerprint density at radius 3 is 2.50 bits per heavy atom. The van der Waals surface area contributed by atoms with Crippen LogP contribution in [0.2, 0.25) is 0 Å². The van der Waals surface area contributed by atoms with Gasteiger partial charge in [-0.05, 0) is 32.9 Å². The minimum absolute atomic E-state index is 0.261. The number of carbonyl (C=O) groups is 1. The van der Waals surface area contributed by atoms with Crippen molar-refractivity contribution in [2.45, 2.75) is 20.8 Å². The largest absolute Gasteiger partial charge is 0.426 e. The van der Waals surface area contributed by atoms with Crippen molar-refractivity contribution in [3.63, 3.8) is 0 Å². The lowest BCUT2D eigenvalue weighted by Gasteiger charge is -2.16. The smallest absolute Gasteiger partial charge is 0.316 e. The van der Waals surface area contributed by atoms with Gasteiger partial charge >= 0.3 is 5.97 Å². The minimum atomic E-state index is -0.495. The van der Waals surface area contributed by atoms with E-state index in [1.54, 1.807) is 24.3 Å². The molecule has 0 fully saturated rings. The molecule has 14 heavy (non-hydrogen) atoms. The second-order valence-electron chi connectivity index (χ2n) is 4.21. The van der Waals surface area contributed by atoms with Crippen LogP contribution < -0.4 is 10.5 Å². The van der Waals surface area contributed by atoms with Crippen LogP contribution in [0.5, 0.6) is 5.75 Å². The molecule has 0 aliphatic heterocycles. The van der Waals surface area contributed by atoms with Crippen LogP contribution in [0.3, 0.4) is 0 Å². The third-order valence-electron chi connectivity index (χ3n) is 1.68. The lowest BCUT2D eigenvalue weighted by atomic mass is 9.97. The molecule has 0 aliphatic carbocycles. The van der Waals surface area contributed by atoms with Gasteiger partial charge in [0.05, 0.1) is 5.41 Å². The molecule has 76 valence electrons. The Bertz CT molecular complexity index is 339. The molecule has 0 radical (unpaired) electrons. The van der Waals surface area contributed by atoms with Gasteiger partial charge in [0, 0.05) is 11.8 Å². The van der Waals surface area contributed by atoms with Crippen molar-refractivity contribution < 1.29 is 9.53 Å². The molecule has 0 atom stereocenters. The van der Waals surface area contributed by atoms with E-state index in [9.17, 15) is 4.79 Å². The SMILES string of the molecule is CC(C)(C)C(=O)Oc1cccc(N)c1. The molecule has 0 saturated heterocycles. The molecule has 0 heterocycles. The molecule has 3 heteroatoms. The molecular formula is C11H15NO2.